The number of aliphatic hydroxyl groups is 1. The van der Waals surface area contributed by atoms with Gasteiger partial charge in [-0.2, -0.15) is 12.8 Å². The molecule has 0 saturated heterocycles. The van der Waals surface area contributed by atoms with Crippen LogP contribution in [0.15, 0.2) is 35.1 Å². The molecule has 0 spiro atoms. The van der Waals surface area contributed by atoms with E-state index in [4.69, 9.17) is 10.7 Å². The number of ketones is 1. The first-order valence-electron chi connectivity index (χ1n) is 13.8. The summed E-state index contributed by atoms with van der Waals surface area (Å²) in [7, 11) is 0. The van der Waals surface area contributed by atoms with Crippen LogP contribution in [0.3, 0.4) is 0 Å². The van der Waals surface area contributed by atoms with Crippen molar-refractivity contribution >= 4 is 46.1 Å². The summed E-state index contributed by atoms with van der Waals surface area (Å²) in [6.45, 7) is 13.2. The molecule has 2 aliphatic rings. The fraction of sp³-hybridized carbons (Fsp3) is 0.424. The number of aliphatic hydroxyl groups excluding tert-OH is 1. The van der Waals surface area contributed by atoms with Gasteiger partial charge in [-0.1, -0.05) is 38.5 Å². The first-order chi connectivity index (χ1) is 18.8. The zero-order valence-electron chi connectivity index (χ0n) is 27.8. The molecule has 1 aliphatic heterocycles. The molecular weight excluding hydrogens is 688 g/mol. The number of carbonyl (C=O) groups excluding carboxylic acids is 2. The van der Waals surface area contributed by atoms with Gasteiger partial charge in [0.05, 0.1) is 23.4 Å². The summed E-state index contributed by atoms with van der Waals surface area (Å²) in [6.07, 6.45) is 3.92. The van der Waals surface area contributed by atoms with Gasteiger partial charge in [-0.05, 0) is 69.1 Å². The quantitative estimate of drug-likeness (QED) is 0.169. The normalized spacial score (nSPS) is 13.3. The van der Waals surface area contributed by atoms with Crippen molar-refractivity contribution in [2.75, 3.05) is 13.1 Å². The van der Waals surface area contributed by atoms with Gasteiger partial charge in [-0.25, -0.2) is 4.98 Å². The number of aromatic nitrogens is 2. The second-order valence-electron chi connectivity index (χ2n) is 9.78. The molecular formula is C33H48CsMgN5O4-2. The minimum Gasteiger partial charge on any atom is -0.693 e. The van der Waals surface area contributed by atoms with Gasteiger partial charge in [-0.15, -0.1) is 0 Å². The molecule has 1 aliphatic carbocycles. The fourth-order valence-corrected chi connectivity index (χ4v) is 5.05. The number of fused-ring (bicyclic) bond motifs is 5. The van der Waals surface area contributed by atoms with Crippen LogP contribution in [-0.2, 0) is 29.0 Å². The first kappa shape index (κ1) is 47.8. The topological polar surface area (TPSA) is 152 Å². The number of para-hydroxylation sites is 1. The summed E-state index contributed by atoms with van der Waals surface area (Å²) < 4.78 is 1.70. The van der Waals surface area contributed by atoms with Crippen LogP contribution in [0.25, 0.3) is 28.4 Å². The standard InChI is InChI=1S/C25H24N3O4.C4H10N.C2H6.2CH3.Cs.Mg.H2N/c1-14(2)27(13-29)10-9-15-16-5-3-4-6-20(16)26-23-19(15)12-28-21(23)11-18-17(25(28)32)7-8-22(30)24(18)31;1-2-3-4-5;1-2;;;;;/h3-6,11,14,24,31H,7-10,12H2,1-2H3;1-5H2;1-2H3;2*1H3;;;1H2/q2*-1;;2*-1;+1;+2;-1. The fourth-order valence-electron chi connectivity index (χ4n) is 5.05. The van der Waals surface area contributed by atoms with E-state index in [2.05, 4.69) is 6.92 Å². The van der Waals surface area contributed by atoms with Crippen molar-refractivity contribution in [2.45, 2.75) is 78.5 Å². The number of nitrogens with two attached hydrogens (primary N) is 2. The van der Waals surface area contributed by atoms with Crippen molar-refractivity contribution in [1.82, 2.24) is 14.5 Å². The van der Waals surface area contributed by atoms with E-state index in [0.717, 1.165) is 41.4 Å². The van der Waals surface area contributed by atoms with Crippen LogP contribution < -0.4 is 80.2 Å². The maximum atomic E-state index is 13.3. The summed E-state index contributed by atoms with van der Waals surface area (Å²) in [6, 6.07) is 9.63. The Bertz CT molecular complexity index is 1390. The molecule has 44 heavy (non-hydrogen) atoms. The van der Waals surface area contributed by atoms with Crippen LogP contribution in [0.4, 0.5) is 0 Å². The number of hydrogen-bond donors (Lipinski definition) is 2. The van der Waals surface area contributed by atoms with E-state index in [0.29, 0.717) is 48.4 Å². The molecule has 1 unspecified atom stereocenters. The van der Waals surface area contributed by atoms with Crippen molar-refractivity contribution in [2.24, 2.45) is 5.73 Å². The zero-order chi connectivity index (χ0) is 28.7. The second-order valence-corrected chi connectivity index (χ2v) is 9.78. The third-order valence-electron chi connectivity index (χ3n) is 7.12. The summed E-state index contributed by atoms with van der Waals surface area (Å²) in [5.41, 5.74) is 10.0. The summed E-state index contributed by atoms with van der Waals surface area (Å²) in [5.74, 6) is -0.258. The monoisotopic (exact) mass is 735 g/mol. The van der Waals surface area contributed by atoms with Gasteiger partial charge in [0.15, 0.2) is 5.78 Å². The number of carbonyl (C=O) groups is 1. The maximum absolute atomic E-state index is 13.3. The SMILES string of the molecule is CC.CC(C)N([C-]=O)CCc1c2c(nc3ccccc13)-c1cc3c(c(=O)n1C2)CCC(=O)C3O.[CH2-]CCCN.[CH3-].[CH3-].[Cs+].[Mg+2].[NH2-]. The zero-order valence-corrected chi connectivity index (χ0v) is 35.5. The largest absolute Gasteiger partial charge is 2.00 e. The maximum Gasteiger partial charge on any atom is 2.00 e. The van der Waals surface area contributed by atoms with E-state index in [-0.39, 0.29) is 137 Å². The van der Waals surface area contributed by atoms with Crippen molar-refractivity contribution in [3.05, 3.63) is 90.9 Å². The van der Waals surface area contributed by atoms with Crippen molar-refractivity contribution < 1.29 is 83.6 Å². The number of hydrogen-bond acceptors (Lipinski definition) is 6. The molecule has 1 atom stereocenters. The molecule has 9 nitrogen and oxygen atoms in total. The average Bonchev–Trinajstić information content (AvgIpc) is 3.31. The molecule has 0 saturated carbocycles. The molecule has 1 aromatic carbocycles. The van der Waals surface area contributed by atoms with Crippen LogP contribution in [0.1, 0.15) is 75.3 Å². The number of amides is 1. The van der Waals surface area contributed by atoms with Crippen LogP contribution in [-0.4, -0.2) is 73.9 Å². The van der Waals surface area contributed by atoms with Gasteiger partial charge >= 0.3 is 91.9 Å². The number of benzene rings is 1. The van der Waals surface area contributed by atoms with Crippen LogP contribution in [0, 0.1) is 21.8 Å². The minimum absolute atomic E-state index is 0. The molecule has 0 bridgehead atoms. The average molecular weight is 736 g/mol. The van der Waals surface area contributed by atoms with Gasteiger partial charge in [0.25, 0.3) is 5.56 Å². The number of nitrogens with zero attached hydrogens (tertiary/aromatic N) is 3. The van der Waals surface area contributed by atoms with Crippen LogP contribution in [0.5, 0.6) is 0 Å². The van der Waals surface area contributed by atoms with E-state index >= 15 is 0 Å². The van der Waals surface area contributed by atoms with Gasteiger partial charge in [0.2, 0.25) is 0 Å². The Kier molecular flexibility index (Phi) is 24.8. The number of pyridine rings is 2. The second kappa shape index (κ2) is 22.9. The van der Waals surface area contributed by atoms with Gasteiger partial charge in [0.1, 0.15) is 6.10 Å². The molecule has 2 aromatic heterocycles. The molecule has 234 valence electrons. The smallest absolute Gasteiger partial charge is 0.693 e. The molecule has 5 N–H and O–H groups in total. The Balaban J connectivity index is -0.00000128. The Labute approximate surface area is 339 Å². The van der Waals surface area contributed by atoms with E-state index in [1.165, 1.54) is 0 Å². The van der Waals surface area contributed by atoms with Gasteiger partial charge in [0, 0.05) is 22.9 Å². The molecule has 3 aromatic rings. The van der Waals surface area contributed by atoms with E-state index in [1.807, 2.05) is 58.4 Å². The summed E-state index contributed by atoms with van der Waals surface area (Å²) >= 11 is 0. The third-order valence-corrected chi connectivity index (χ3v) is 7.12. The number of unbranched alkanes of at least 4 members (excludes halogenated alkanes) is 1. The van der Waals surface area contributed by atoms with Gasteiger partial charge < -0.3 is 53.0 Å². The Morgan fingerprint density at radius 1 is 1.16 bits per heavy atom. The molecule has 11 heteroatoms. The summed E-state index contributed by atoms with van der Waals surface area (Å²) in [4.78, 5) is 43.2. The molecule has 0 radical (unpaired) electrons. The summed E-state index contributed by atoms with van der Waals surface area (Å²) in [5, 5.41) is 11.4. The van der Waals surface area contributed by atoms with E-state index in [9.17, 15) is 19.5 Å². The predicted molar refractivity (Wildman–Crippen MR) is 179 cm³/mol. The third kappa shape index (κ3) is 10.5. The Morgan fingerprint density at radius 2 is 1.80 bits per heavy atom. The van der Waals surface area contributed by atoms with E-state index in [1.54, 1.807) is 15.5 Å². The van der Waals surface area contributed by atoms with Crippen molar-refractivity contribution in [3.63, 3.8) is 0 Å². The van der Waals surface area contributed by atoms with Gasteiger partial charge in [-0.3, -0.25) is 9.59 Å². The minimum atomic E-state index is -1.26. The molecule has 5 rings (SSSR count). The van der Waals surface area contributed by atoms with Crippen molar-refractivity contribution in [3.8, 4) is 11.4 Å². The molecule has 3 heterocycles. The van der Waals surface area contributed by atoms with Crippen molar-refractivity contribution in [1.29, 1.82) is 0 Å². The number of Topliss-reactive ketones (excluding diaryl/α,β-unsaturated/α-hetero) is 1. The molecule has 0 fully saturated rings. The predicted octanol–water partition coefficient (Wildman–Crippen LogP) is 2.12. The van der Waals surface area contributed by atoms with E-state index < -0.39 is 6.10 Å². The van der Waals surface area contributed by atoms with Crippen LogP contribution in [0.2, 0.25) is 0 Å². The molecule has 1 amide bonds. The Morgan fingerprint density at radius 3 is 2.34 bits per heavy atom. The number of rotatable bonds is 7. The van der Waals surface area contributed by atoms with Crippen LogP contribution >= 0.6 is 0 Å². The Hall–Kier alpha value is -0.582. The first-order valence-corrected chi connectivity index (χ1v) is 13.8.